The van der Waals surface area contributed by atoms with Gasteiger partial charge in [0.15, 0.2) is 5.69 Å². The van der Waals surface area contributed by atoms with Crippen molar-refractivity contribution >= 4 is 27.4 Å². The number of nitrogens with one attached hydrogen (secondary N) is 1. The van der Waals surface area contributed by atoms with E-state index in [9.17, 15) is 18.9 Å². The van der Waals surface area contributed by atoms with E-state index in [1.165, 1.54) is 13.1 Å². The zero-order valence-corrected chi connectivity index (χ0v) is 11.6. The molecule has 0 saturated heterocycles. The average Bonchev–Trinajstić information content (AvgIpc) is 2.42. The highest BCUT2D eigenvalue weighted by atomic mass is 79.9. The van der Waals surface area contributed by atoms with Gasteiger partial charge >= 0.3 is 5.69 Å². The number of anilines is 1. The van der Waals surface area contributed by atoms with Crippen LogP contribution in [0.3, 0.4) is 0 Å². The first-order chi connectivity index (χ1) is 9.47. The van der Waals surface area contributed by atoms with Gasteiger partial charge in [-0.05, 0) is 28.1 Å². The first kappa shape index (κ1) is 14.3. The first-order valence-corrected chi connectivity index (χ1v) is 6.07. The Bertz CT molecular complexity index is 696. The maximum absolute atomic E-state index is 14.0. The second kappa shape index (κ2) is 5.45. The van der Waals surface area contributed by atoms with Crippen LogP contribution in [0.1, 0.15) is 0 Å². The molecule has 1 aromatic carbocycles. The Morgan fingerprint density at radius 1 is 1.35 bits per heavy atom. The summed E-state index contributed by atoms with van der Waals surface area (Å²) in [6, 6.07) is 2.16. The largest absolute Gasteiger partial charge is 0.367 e. The number of rotatable bonds is 3. The fourth-order valence-corrected chi connectivity index (χ4v) is 1.99. The molecule has 0 radical (unpaired) electrons. The number of hydrogen-bond donors (Lipinski definition) is 1. The van der Waals surface area contributed by atoms with Crippen molar-refractivity contribution in [2.45, 2.75) is 0 Å². The predicted octanol–water partition coefficient (Wildman–Crippen LogP) is 3.13. The second-order valence-electron chi connectivity index (χ2n) is 3.64. The molecular formula is C11H7BrF2N4O2. The molecule has 9 heteroatoms. The van der Waals surface area contributed by atoms with Gasteiger partial charge in [-0.2, -0.15) is 0 Å². The average molecular weight is 345 g/mol. The zero-order chi connectivity index (χ0) is 14.9. The molecule has 1 N–H and O–H groups in total. The number of halogens is 3. The lowest BCUT2D eigenvalue weighted by Gasteiger charge is -2.08. The molecule has 104 valence electrons. The van der Waals surface area contributed by atoms with Crippen LogP contribution in [0.25, 0.3) is 11.3 Å². The highest BCUT2D eigenvalue weighted by molar-refractivity contribution is 9.10. The van der Waals surface area contributed by atoms with Crippen LogP contribution in [0.4, 0.5) is 20.3 Å². The van der Waals surface area contributed by atoms with Gasteiger partial charge in [0.05, 0.1) is 15.0 Å². The van der Waals surface area contributed by atoms with Crippen LogP contribution in [0.5, 0.6) is 0 Å². The molecule has 0 bridgehead atoms. The smallest absolute Gasteiger partial charge is 0.337 e. The minimum absolute atomic E-state index is 0.0205. The zero-order valence-electron chi connectivity index (χ0n) is 10.0. The molecule has 2 rings (SSSR count). The van der Waals surface area contributed by atoms with Crippen molar-refractivity contribution in [2.75, 3.05) is 12.4 Å². The number of nitro groups is 1. The molecular weight excluding hydrogens is 338 g/mol. The van der Waals surface area contributed by atoms with Crippen molar-refractivity contribution in [1.82, 2.24) is 9.97 Å². The maximum Gasteiger partial charge on any atom is 0.337 e. The van der Waals surface area contributed by atoms with Crippen molar-refractivity contribution in [3.63, 3.8) is 0 Å². The van der Waals surface area contributed by atoms with E-state index < -0.39 is 33.5 Å². The van der Waals surface area contributed by atoms with E-state index in [0.717, 1.165) is 12.4 Å². The van der Waals surface area contributed by atoms with E-state index in [0.29, 0.717) is 0 Å². The highest BCUT2D eigenvalue weighted by Crippen LogP contribution is 2.37. The lowest BCUT2D eigenvalue weighted by atomic mass is 10.1. The minimum atomic E-state index is -0.964. The van der Waals surface area contributed by atoms with Crippen molar-refractivity contribution in [3.8, 4) is 11.3 Å². The summed E-state index contributed by atoms with van der Waals surface area (Å²) in [7, 11) is 1.41. The van der Waals surface area contributed by atoms with E-state index in [2.05, 4.69) is 31.2 Å². The van der Waals surface area contributed by atoms with Gasteiger partial charge in [0.25, 0.3) is 0 Å². The number of nitrogens with zero attached hydrogens (tertiary/aromatic N) is 3. The van der Waals surface area contributed by atoms with Crippen LogP contribution in [0.2, 0.25) is 0 Å². The summed E-state index contributed by atoms with van der Waals surface area (Å²) >= 11 is 2.90. The molecule has 0 aliphatic rings. The standard InChI is InChI=1S/C11H7BrF2N4O2/c1-15-11-10(18(19)20)9(16-4-17-11)7-6(13)3-2-5(12)8(7)14/h2-4H,1H3,(H,15,16,17). The van der Waals surface area contributed by atoms with Gasteiger partial charge in [0.1, 0.15) is 18.0 Å². The van der Waals surface area contributed by atoms with E-state index in [1.807, 2.05) is 0 Å². The molecule has 1 aromatic heterocycles. The van der Waals surface area contributed by atoms with Crippen LogP contribution in [-0.4, -0.2) is 21.9 Å². The molecule has 0 atom stereocenters. The van der Waals surface area contributed by atoms with E-state index in [-0.39, 0.29) is 10.3 Å². The summed E-state index contributed by atoms with van der Waals surface area (Å²) in [6.07, 6.45) is 0.994. The van der Waals surface area contributed by atoms with Gasteiger partial charge < -0.3 is 5.32 Å². The summed E-state index contributed by atoms with van der Waals surface area (Å²) < 4.78 is 27.8. The molecule has 6 nitrogen and oxygen atoms in total. The van der Waals surface area contributed by atoms with Crippen molar-refractivity contribution in [3.05, 3.63) is 44.7 Å². The van der Waals surface area contributed by atoms with Crippen LogP contribution >= 0.6 is 15.9 Å². The normalized spacial score (nSPS) is 10.4. The molecule has 2 aromatic rings. The van der Waals surface area contributed by atoms with Crippen molar-refractivity contribution < 1.29 is 13.7 Å². The summed E-state index contributed by atoms with van der Waals surface area (Å²) in [5.74, 6) is -2.04. The Kier molecular flexibility index (Phi) is 3.89. The van der Waals surface area contributed by atoms with Crippen molar-refractivity contribution in [2.24, 2.45) is 0 Å². The Morgan fingerprint density at radius 3 is 2.65 bits per heavy atom. The SMILES string of the molecule is CNc1ncnc(-c2c(F)ccc(Br)c2F)c1[N+](=O)[O-]. The molecule has 0 amide bonds. The van der Waals surface area contributed by atoms with Gasteiger partial charge in [0.2, 0.25) is 5.82 Å². The quantitative estimate of drug-likeness (QED) is 0.525. The van der Waals surface area contributed by atoms with Crippen LogP contribution in [0.15, 0.2) is 22.9 Å². The summed E-state index contributed by atoms with van der Waals surface area (Å²) in [5, 5.41) is 13.6. The van der Waals surface area contributed by atoms with Gasteiger partial charge in [-0.1, -0.05) is 0 Å². The Balaban J connectivity index is 2.83. The number of aromatic nitrogens is 2. The molecule has 20 heavy (non-hydrogen) atoms. The van der Waals surface area contributed by atoms with Gasteiger partial charge in [-0.3, -0.25) is 10.1 Å². The Morgan fingerprint density at radius 2 is 2.05 bits per heavy atom. The molecule has 1 heterocycles. The topological polar surface area (TPSA) is 81.0 Å². The molecule has 0 aliphatic carbocycles. The van der Waals surface area contributed by atoms with E-state index in [4.69, 9.17) is 0 Å². The highest BCUT2D eigenvalue weighted by Gasteiger charge is 2.28. The van der Waals surface area contributed by atoms with Gasteiger partial charge in [-0.25, -0.2) is 18.7 Å². The van der Waals surface area contributed by atoms with Gasteiger partial charge in [0, 0.05) is 7.05 Å². The minimum Gasteiger partial charge on any atom is -0.367 e. The third-order valence-electron chi connectivity index (χ3n) is 2.52. The fourth-order valence-electron chi connectivity index (χ4n) is 1.66. The first-order valence-electron chi connectivity index (χ1n) is 5.28. The Hall–Kier alpha value is -2.16. The lowest BCUT2D eigenvalue weighted by molar-refractivity contribution is -0.383. The van der Waals surface area contributed by atoms with E-state index >= 15 is 0 Å². The monoisotopic (exact) mass is 344 g/mol. The Labute approximate surface area is 120 Å². The third-order valence-corrected chi connectivity index (χ3v) is 3.13. The fraction of sp³-hybridized carbons (Fsp3) is 0.0909. The summed E-state index contributed by atoms with van der Waals surface area (Å²) in [6.45, 7) is 0. The second-order valence-corrected chi connectivity index (χ2v) is 4.50. The third kappa shape index (κ3) is 2.31. The molecule has 0 fully saturated rings. The molecule has 0 unspecified atom stereocenters. The van der Waals surface area contributed by atoms with E-state index in [1.54, 1.807) is 0 Å². The van der Waals surface area contributed by atoms with Crippen LogP contribution in [0, 0.1) is 21.7 Å². The summed E-state index contributed by atoms with van der Waals surface area (Å²) in [4.78, 5) is 17.6. The lowest BCUT2D eigenvalue weighted by Crippen LogP contribution is -2.05. The molecule has 0 spiro atoms. The predicted molar refractivity (Wildman–Crippen MR) is 71.3 cm³/mol. The molecule has 0 saturated carbocycles. The van der Waals surface area contributed by atoms with Crippen LogP contribution in [-0.2, 0) is 0 Å². The number of hydrogen-bond acceptors (Lipinski definition) is 5. The summed E-state index contributed by atoms with van der Waals surface area (Å²) in [5.41, 5.74) is -1.60. The van der Waals surface area contributed by atoms with Crippen molar-refractivity contribution in [1.29, 1.82) is 0 Å². The maximum atomic E-state index is 14.0. The van der Waals surface area contributed by atoms with Gasteiger partial charge in [-0.15, -0.1) is 0 Å². The van der Waals surface area contributed by atoms with Crippen LogP contribution < -0.4 is 5.32 Å². The molecule has 0 aliphatic heterocycles. The number of benzene rings is 1.